The first-order chi connectivity index (χ1) is 19.9. The van der Waals surface area contributed by atoms with E-state index in [1.807, 2.05) is 0 Å². The molecule has 9 nitrogen and oxygen atoms in total. The predicted molar refractivity (Wildman–Crippen MR) is 152 cm³/mol. The van der Waals surface area contributed by atoms with Gasteiger partial charge in [-0.25, -0.2) is 0 Å². The molecule has 6 fully saturated rings. The minimum Gasteiger partial charge on any atom is -0.394 e. The van der Waals surface area contributed by atoms with E-state index in [0.29, 0.717) is 30.3 Å². The molecule has 0 aromatic rings. The minimum absolute atomic E-state index is 0.0517. The third kappa shape index (κ3) is 4.00. The van der Waals surface area contributed by atoms with Crippen LogP contribution in [0.5, 0.6) is 0 Å². The topological polar surface area (TPSA) is 138 Å². The van der Waals surface area contributed by atoms with E-state index in [0.717, 1.165) is 57.8 Å². The first-order valence-electron chi connectivity index (χ1n) is 16.6. The second kappa shape index (κ2) is 10.2. The Hall–Kier alpha value is -0.620. The largest absolute Gasteiger partial charge is 0.394 e. The fourth-order valence-corrected chi connectivity index (χ4v) is 11.1. The van der Waals surface area contributed by atoms with Gasteiger partial charge in [0.1, 0.15) is 30.0 Å². The van der Waals surface area contributed by atoms with Crippen LogP contribution in [0.15, 0.2) is 11.6 Å². The lowest BCUT2D eigenvalue weighted by Gasteiger charge is -2.60. The van der Waals surface area contributed by atoms with E-state index in [1.165, 1.54) is 5.57 Å². The fourth-order valence-electron chi connectivity index (χ4n) is 11.1. The number of aliphatic hydroxyl groups is 5. The van der Waals surface area contributed by atoms with Crippen molar-refractivity contribution in [3.05, 3.63) is 11.6 Å². The fraction of sp³-hybridized carbons (Fsp3) is 0.939. The number of fused-ring (bicyclic) bond motifs is 7. The van der Waals surface area contributed by atoms with Crippen molar-refractivity contribution in [2.45, 2.75) is 140 Å². The Morgan fingerprint density at radius 3 is 2.48 bits per heavy atom. The number of aliphatic hydroxyl groups excluding tert-OH is 4. The van der Waals surface area contributed by atoms with Crippen molar-refractivity contribution in [3.8, 4) is 0 Å². The van der Waals surface area contributed by atoms with Gasteiger partial charge in [0, 0.05) is 17.8 Å². The number of hydrogen-bond donors (Lipinski definition) is 5. The summed E-state index contributed by atoms with van der Waals surface area (Å²) >= 11 is 0. The molecular formula is C33H52O9. The predicted octanol–water partition coefficient (Wildman–Crippen LogP) is 2.65. The molecule has 16 atom stereocenters. The molecule has 0 bridgehead atoms. The van der Waals surface area contributed by atoms with Gasteiger partial charge in [0.2, 0.25) is 0 Å². The molecule has 7 rings (SSSR count). The molecule has 4 unspecified atom stereocenters. The van der Waals surface area contributed by atoms with Crippen LogP contribution in [0.1, 0.15) is 85.5 Å². The van der Waals surface area contributed by atoms with E-state index in [1.54, 1.807) is 0 Å². The molecule has 5 N–H and O–H groups in total. The highest BCUT2D eigenvalue weighted by Crippen LogP contribution is 2.72. The monoisotopic (exact) mass is 592 g/mol. The van der Waals surface area contributed by atoms with Gasteiger partial charge in [0.25, 0.3) is 0 Å². The maximum Gasteiger partial charge on any atom is 0.186 e. The second-order valence-corrected chi connectivity index (χ2v) is 15.6. The average molecular weight is 593 g/mol. The van der Waals surface area contributed by atoms with E-state index >= 15 is 0 Å². The lowest BCUT2D eigenvalue weighted by atomic mass is 9.46. The zero-order valence-electron chi connectivity index (χ0n) is 25.7. The molecule has 0 aromatic heterocycles. The molecule has 0 amide bonds. The van der Waals surface area contributed by atoms with E-state index < -0.39 is 48.7 Å². The van der Waals surface area contributed by atoms with Gasteiger partial charge in [0.15, 0.2) is 12.1 Å². The van der Waals surface area contributed by atoms with Crippen molar-refractivity contribution in [2.75, 3.05) is 13.2 Å². The molecule has 9 heteroatoms. The van der Waals surface area contributed by atoms with Gasteiger partial charge in [-0.3, -0.25) is 0 Å². The van der Waals surface area contributed by atoms with Crippen LogP contribution in [-0.4, -0.2) is 93.0 Å². The second-order valence-electron chi connectivity index (χ2n) is 15.6. The van der Waals surface area contributed by atoms with Crippen molar-refractivity contribution >= 4 is 0 Å². The first-order valence-corrected chi connectivity index (χ1v) is 16.6. The Labute approximate surface area is 249 Å². The van der Waals surface area contributed by atoms with Gasteiger partial charge in [0.05, 0.1) is 25.4 Å². The van der Waals surface area contributed by atoms with Gasteiger partial charge in [-0.1, -0.05) is 39.3 Å². The summed E-state index contributed by atoms with van der Waals surface area (Å²) in [7, 11) is 0. The van der Waals surface area contributed by atoms with Crippen LogP contribution >= 0.6 is 0 Å². The van der Waals surface area contributed by atoms with E-state index in [9.17, 15) is 25.5 Å². The van der Waals surface area contributed by atoms with Crippen LogP contribution in [-0.2, 0) is 18.9 Å². The summed E-state index contributed by atoms with van der Waals surface area (Å²) in [6, 6.07) is 0. The highest BCUT2D eigenvalue weighted by atomic mass is 16.7. The third-order valence-corrected chi connectivity index (χ3v) is 13.8. The van der Waals surface area contributed by atoms with E-state index in [-0.39, 0.29) is 29.0 Å². The zero-order chi connectivity index (χ0) is 29.8. The molecule has 3 saturated heterocycles. The standard InChI is InChI=1S/C33H52O9/c1-17-7-12-32(39-16-17)18(2)33(38)25(42-32)14-23-21-6-5-19-13-20(8-10-30(19,3)22(21)9-11-31(23,33)4)40-29-28(37)27(36)26(35)24(15-34)41-29/h5,17-18,20-29,34-38H,6-16H2,1-4H3/t17?,18-,20+,21?,22?,23?,24-,25+,26-,27+,28-,29-,30+,31+,32-,33-/m1/s1. The molecule has 7 aliphatic rings. The molecule has 0 aromatic carbocycles. The summed E-state index contributed by atoms with van der Waals surface area (Å²) in [5.74, 6) is 1.24. The van der Waals surface area contributed by atoms with Gasteiger partial charge in [-0.2, -0.15) is 0 Å². The summed E-state index contributed by atoms with van der Waals surface area (Å²) in [6.45, 7) is 9.39. The van der Waals surface area contributed by atoms with Crippen LogP contribution in [0.4, 0.5) is 0 Å². The van der Waals surface area contributed by atoms with Gasteiger partial charge in [-0.05, 0) is 80.5 Å². The SMILES string of the molecule is CC1CC[C@@]2(OC1)O[C@H]1CC3C4CC=C5C[C@@H](O[C@@H]6O[C@H](CO)[C@@H](O)[C@H](O)[C@H]6O)CC[C@]5(C)C4CC[C@]3(C)[C@@]1(O)[C@@H]2C. The zero-order valence-corrected chi connectivity index (χ0v) is 25.7. The molecule has 4 aliphatic carbocycles. The van der Waals surface area contributed by atoms with Crippen molar-refractivity contribution in [3.63, 3.8) is 0 Å². The lowest BCUT2D eigenvalue weighted by Crippen LogP contribution is -2.60. The van der Waals surface area contributed by atoms with Crippen molar-refractivity contribution in [2.24, 2.45) is 40.4 Å². The molecule has 1 spiro atoms. The molecule has 3 saturated carbocycles. The molecule has 42 heavy (non-hydrogen) atoms. The van der Waals surface area contributed by atoms with Gasteiger partial charge in [-0.15, -0.1) is 0 Å². The van der Waals surface area contributed by atoms with Crippen LogP contribution in [0.3, 0.4) is 0 Å². The lowest BCUT2D eigenvalue weighted by molar-refractivity contribution is -0.313. The molecule has 0 radical (unpaired) electrons. The molecule has 3 heterocycles. The normalized spacial score (nSPS) is 59.0. The molecular weight excluding hydrogens is 540 g/mol. The highest BCUT2D eigenvalue weighted by molar-refractivity contribution is 5.29. The summed E-state index contributed by atoms with van der Waals surface area (Å²) in [5.41, 5.74) is 0.360. The minimum atomic E-state index is -1.43. The Kier molecular flexibility index (Phi) is 7.29. The Morgan fingerprint density at radius 1 is 0.976 bits per heavy atom. The smallest absolute Gasteiger partial charge is 0.186 e. The van der Waals surface area contributed by atoms with Crippen LogP contribution < -0.4 is 0 Å². The van der Waals surface area contributed by atoms with Crippen LogP contribution in [0, 0.1) is 40.4 Å². The Morgan fingerprint density at radius 2 is 1.76 bits per heavy atom. The average Bonchev–Trinajstić information content (AvgIpc) is 3.33. The number of allylic oxidation sites excluding steroid dienone is 1. The third-order valence-electron chi connectivity index (χ3n) is 13.8. The maximum absolute atomic E-state index is 12.6. The summed E-state index contributed by atoms with van der Waals surface area (Å²) in [6.07, 6.45) is 4.17. The maximum atomic E-state index is 12.6. The summed E-state index contributed by atoms with van der Waals surface area (Å²) in [5, 5.41) is 53.0. The number of hydrogen-bond acceptors (Lipinski definition) is 9. The number of ether oxygens (including phenoxy) is 4. The first kappa shape index (κ1) is 30.1. The van der Waals surface area contributed by atoms with Crippen LogP contribution in [0.25, 0.3) is 0 Å². The van der Waals surface area contributed by atoms with Crippen molar-refractivity contribution in [1.29, 1.82) is 0 Å². The summed E-state index contributed by atoms with van der Waals surface area (Å²) in [4.78, 5) is 0. The van der Waals surface area contributed by atoms with E-state index in [2.05, 4.69) is 33.8 Å². The quantitative estimate of drug-likeness (QED) is 0.313. The van der Waals surface area contributed by atoms with Crippen LogP contribution in [0.2, 0.25) is 0 Å². The van der Waals surface area contributed by atoms with Crippen molar-refractivity contribution in [1.82, 2.24) is 0 Å². The Balaban J connectivity index is 1.07. The van der Waals surface area contributed by atoms with Gasteiger partial charge >= 0.3 is 0 Å². The van der Waals surface area contributed by atoms with Crippen molar-refractivity contribution < 1.29 is 44.5 Å². The molecule has 238 valence electrons. The summed E-state index contributed by atoms with van der Waals surface area (Å²) < 4.78 is 25.0. The highest BCUT2D eigenvalue weighted by Gasteiger charge is 2.76. The molecule has 3 aliphatic heterocycles. The Bertz CT molecular complexity index is 1070. The van der Waals surface area contributed by atoms with E-state index in [4.69, 9.17) is 18.9 Å². The number of rotatable bonds is 3. The van der Waals surface area contributed by atoms with Gasteiger partial charge < -0.3 is 44.5 Å².